The lowest BCUT2D eigenvalue weighted by atomic mass is 9.97. The summed E-state index contributed by atoms with van der Waals surface area (Å²) in [4.78, 5) is 25.7. The molecular weight excluding hydrogens is 366 g/mol. The molecule has 0 spiro atoms. The molecule has 7 heteroatoms. The summed E-state index contributed by atoms with van der Waals surface area (Å²) in [6, 6.07) is 14.7. The topological polar surface area (TPSA) is 91.8 Å². The molecule has 1 atom stereocenters. The van der Waals surface area contributed by atoms with Gasteiger partial charge in [-0.3, -0.25) is 9.59 Å². The summed E-state index contributed by atoms with van der Waals surface area (Å²) in [5.41, 5.74) is 0.901. The van der Waals surface area contributed by atoms with E-state index < -0.39 is 21.7 Å². The molecule has 142 valence electrons. The maximum Gasteiger partial charge on any atom is 0.308 e. The summed E-state index contributed by atoms with van der Waals surface area (Å²) in [6.45, 7) is 0.690. The number of carbonyl (C=O) groups excluding carboxylic acids is 1. The SMILES string of the molecule is O=C(O)[C@H]1CCCN(C(=O)c2cccc(CS(=O)(=O)c3ccccc3)c2)C1. The molecule has 1 N–H and O–H groups in total. The second-order valence-electron chi connectivity index (χ2n) is 6.70. The highest BCUT2D eigenvalue weighted by Crippen LogP contribution is 2.21. The molecule has 3 rings (SSSR count). The number of rotatable bonds is 5. The van der Waals surface area contributed by atoms with Gasteiger partial charge >= 0.3 is 5.97 Å². The summed E-state index contributed by atoms with van der Waals surface area (Å²) < 4.78 is 25.1. The van der Waals surface area contributed by atoms with Gasteiger partial charge in [-0.05, 0) is 42.7 Å². The van der Waals surface area contributed by atoms with Crippen LogP contribution in [0.5, 0.6) is 0 Å². The maximum atomic E-state index is 12.7. The molecule has 0 bridgehead atoms. The van der Waals surface area contributed by atoms with Crippen LogP contribution >= 0.6 is 0 Å². The van der Waals surface area contributed by atoms with Gasteiger partial charge in [0.15, 0.2) is 9.84 Å². The number of likely N-dealkylation sites (tertiary alicyclic amines) is 1. The predicted molar refractivity (Wildman–Crippen MR) is 100 cm³/mol. The third kappa shape index (κ3) is 4.54. The first-order chi connectivity index (χ1) is 12.9. The number of hydrogen-bond donors (Lipinski definition) is 1. The predicted octanol–water partition coefficient (Wildman–Crippen LogP) is 2.60. The lowest BCUT2D eigenvalue weighted by molar-refractivity contribution is -0.143. The summed E-state index contributed by atoms with van der Waals surface area (Å²) in [5, 5.41) is 9.18. The van der Waals surface area contributed by atoms with E-state index in [0.717, 1.165) is 0 Å². The van der Waals surface area contributed by atoms with Crippen molar-refractivity contribution in [1.82, 2.24) is 4.90 Å². The van der Waals surface area contributed by atoms with Crippen LogP contribution in [0.15, 0.2) is 59.5 Å². The molecule has 1 fully saturated rings. The van der Waals surface area contributed by atoms with E-state index in [4.69, 9.17) is 0 Å². The minimum absolute atomic E-state index is 0.181. The van der Waals surface area contributed by atoms with Crippen molar-refractivity contribution in [1.29, 1.82) is 0 Å². The van der Waals surface area contributed by atoms with Crippen molar-refractivity contribution < 1.29 is 23.1 Å². The summed E-state index contributed by atoms with van der Waals surface area (Å²) in [7, 11) is -3.50. The molecular formula is C20H21NO5S. The molecule has 1 aliphatic rings. The van der Waals surface area contributed by atoms with E-state index in [1.165, 1.54) is 4.90 Å². The van der Waals surface area contributed by atoms with Crippen LogP contribution in [0.25, 0.3) is 0 Å². The van der Waals surface area contributed by atoms with Gasteiger partial charge in [0.05, 0.1) is 16.6 Å². The van der Waals surface area contributed by atoms with Crippen molar-refractivity contribution in [2.45, 2.75) is 23.5 Å². The molecule has 0 aromatic heterocycles. The zero-order chi connectivity index (χ0) is 19.4. The van der Waals surface area contributed by atoms with E-state index in [1.54, 1.807) is 54.6 Å². The van der Waals surface area contributed by atoms with Crippen molar-refractivity contribution in [3.8, 4) is 0 Å². The van der Waals surface area contributed by atoms with Crippen LogP contribution in [-0.2, 0) is 20.4 Å². The van der Waals surface area contributed by atoms with Gasteiger partial charge in [0.25, 0.3) is 5.91 Å². The van der Waals surface area contributed by atoms with E-state index >= 15 is 0 Å². The Morgan fingerprint density at radius 2 is 1.81 bits per heavy atom. The fourth-order valence-corrected chi connectivity index (χ4v) is 4.63. The lowest BCUT2D eigenvalue weighted by Crippen LogP contribution is -2.42. The quantitative estimate of drug-likeness (QED) is 0.851. The van der Waals surface area contributed by atoms with Gasteiger partial charge < -0.3 is 10.0 Å². The van der Waals surface area contributed by atoms with Gasteiger partial charge in [0, 0.05) is 18.7 Å². The van der Waals surface area contributed by atoms with Crippen molar-refractivity contribution in [3.05, 3.63) is 65.7 Å². The summed E-state index contributed by atoms with van der Waals surface area (Å²) in [6.07, 6.45) is 1.21. The Morgan fingerprint density at radius 1 is 1.07 bits per heavy atom. The second kappa shape index (κ2) is 7.92. The molecule has 0 radical (unpaired) electrons. The second-order valence-corrected chi connectivity index (χ2v) is 8.69. The minimum Gasteiger partial charge on any atom is -0.481 e. The van der Waals surface area contributed by atoms with Crippen LogP contribution in [0.2, 0.25) is 0 Å². The van der Waals surface area contributed by atoms with Gasteiger partial charge in [-0.25, -0.2) is 8.42 Å². The van der Waals surface area contributed by atoms with Crippen molar-refractivity contribution in [2.75, 3.05) is 13.1 Å². The summed E-state index contributed by atoms with van der Waals surface area (Å²) in [5.74, 6) is -1.91. The molecule has 1 saturated heterocycles. The van der Waals surface area contributed by atoms with E-state index in [2.05, 4.69) is 0 Å². The van der Waals surface area contributed by atoms with E-state index in [1.807, 2.05) is 0 Å². The average Bonchev–Trinajstić information content (AvgIpc) is 2.68. The van der Waals surface area contributed by atoms with Crippen LogP contribution in [0.4, 0.5) is 0 Å². The third-order valence-corrected chi connectivity index (χ3v) is 6.39. The Labute approximate surface area is 158 Å². The van der Waals surface area contributed by atoms with E-state index in [9.17, 15) is 23.1 Å². The minimum atomic E-state index is -3.50. The number of sulfone groups is 1. The first kappa shape index (κ1) is 19.1. The fraction of sp³-hybridized carbons (Fsp3) is 0.300. The van der Waals surface area contributed by atoms with Crippen molar-refractivity contribution in [3.63, 3.8) is 0 Å². The highest BCUT2D eigenvalue weighted by atomic mass is 32.2. The van der Waals surface area contributed by atoms with Crippen LogP contribution in [-0.4, -0.2) is 43.4 Å². The highest BCUT2D eigenvalue weighted by molar-refractivity contribution is 7.90. The van der Waals surface area contributed by atoms with Crippen molar-refractivity contribution in [2.24, 2.45) is 5.92 Å². The fourth-order valence-electron chi connectivity index (χ4n) is 3.27. The number of carboxylic acids is 1. The summed E-state index contributed by atoms with van der Waals surface area (Å²) >= 11 is 0. The van der Waals surface area contributed by atoms with Gasteiger partial charge in [0.1, 0.15) is 0 Å². The monoisotopic (exact) mass is 387 g/mol. The lowest BCUT2D eigenvalue weighted by Gasteiger charge is -2.30. The van der Waals surface area contributed by atoms with Gasteiger partial charge in [0.2, 0.25) is 0 Å². The zero-order valence-corrected chi connectivity index (χ0v) is 15.6. The van der Waals surface area contributed by atoms with Crippen LogP contribution < -0.4 is 0 Å². The number of benzene rings is 2. The molecule has 27 heavy (non-hydrogen) atoms. The Morgan fingerprint density at radius 3 is 2.52 bits per heavy atom. The molecule has 0 unspecified atom stereocenters. The number of carbonyl (C=O) groups is 2. The van der Waals surface area contributed by atoms with Crippen LogP contribution in [0, 0.1) is 5.92 Å². The van der Waals surface area contributed by atoms with E-state index in [-0.39, 0.29) is 23.1 Å². The molecule has 2 aromatic rings. The molecule has 0 saturated carbocycles. The number of hydrogen-bond acceptors (Lipinski definition) is 4. The molecule has 0 aliphatic carbocycles. The maximum absolute atomic E-state index is 12.7. The molecule has 1 heterocycles. The molecule has 2 aromatic carbocycles. The number of nitrogens with zero attached hydrogens (tertiary/aromatic N) is 1. The zero-order valence-electron chi connectivity index (χ0n) is 14.7. The Hall–Kier alpha value is -2.67. The number of carboxylic acid groups (broad SMARTS) is 1. The number of amides is 1. The van der Waals surface area contributed by atoms with Crippen LogP contribution in [0.1, 0.15) is 28.8 Å². The van der Waals surface area contributed by atoms with Gasteiger partial charge in [-0.15, -0.1) is 0 Å². The Bertz CT molecular complexity index is 940. The molecule has 6 nitrogen and oxygen atoms in total. The number of piperidine rings is 1. The normalized spacial score (nSPS) is 17.5. The largest absolute Gasteiger partial charge is 0.481 e. The first-order valence-corrected chi connectivity index (χ1v) is 10.4. The average molecular weight is 387 g/mol. The van der Waals surface area contributed by atoms with Crippen molar-refractivity contribution >= 4 is 21.7 Å². The standard InChI is InChI=1S/C20H21NO5S/c22-19(21-11-5-8-17(13-21)20(23)24)16-7-4-6-15(12-16)14-27(25,26)18-9-2-1-3-10-18/h1-4,6-7,9-10,12,17H,5,8,11,13-14H2,(H,23,24)/t17-/m0/s1. The first-order valence-electron chi connectivity index (χ1n) is 8.75. The van der Waals surface area contributed by atoms with Gasteiger partial charge in [-0.2, -0.15) is 0 Å². The Balaban J connectivity index is 1.77. The van der Waals surface area contributed by atoms with E-state index in [0.29, 0.717) is 30.5 Å². The van der Waals surface area contributed by atoms with Gasteiger partial charge in [-0.1, -0.05) is 30.3 Å². The number of aliphatic carboxylic acids is 1. The smallest absolute Gasteiger partial charge is 0.308 e. The molecule has 1 aliphatic heterocycles. The highest BCUT2D eigenvalue weighted by Gasteiger charge is 2.28. The third-order valence-electron chi connectivity index (χ3n) is 4.69. The molecule has 1 amide bonds. The Kier molecular flexibility index (Phi) is 5.60. The van der Waals surface area contributed by atoms with Crippen LogP contribution in [0.3, 0.4) is 0 Å².